The zero-order valence-electron chi connectivity index (χ0n) is 9.98. The van der Waals surface area contributed by atoms with Crippen LogP contribution in [0.4, 0.5) is 5.95 Å². The number of thiazole rings is 1. The molecule has 4 nitrogen and oxygen atoms in total. The summed E-state index contributed by atoms with van der Waals surface area (Å²) in [5.74, 6) is 0.887. The second-order valence-electron chi connectivity index (χ2n) is 4.01. The maximum atomic E-state index is 4.46. The maximum Gasteiger partial charge on any atom is 0.203 e. The Bertz CT molecular complexity index is 486. The molecule has 0 aromatic carbocycles. The largest absolute Gasteiger partial charge is 0.347 e. The summed E-state index contributed by atoms with van der Waals surface area (Å²) in [6.07, 6.45) is 2.00. The van der Waals surface area contributed by atoms with Gasteiger partial charge < -0.3 is 9.88 Å². The third-order valence-corrected chi connectivity index (χ3v) is 3.49. The number of nitrogens with zero attached hydrogens (tertiary/aromatic N) is 3. The lowest BCUT2D eigenvalue weighted by Gasteiger charge is -2.11. The minimum absolute atomic E-state index is 0.194. The minimum Gasteiger partial charge on any atom is -0.347 e. The van der Waals surface area contributed by atoms with Crippen molar-refractivity contribution in [2.24, 2.45) is 7.05 Å². The second kappa shape index (κ2) is 4.25. The summed E-state index contributed by atoms with van der Waals surface area (Å²) in [6.45, 7) is 6.10. The molecule has 86 valence electrons. The van der Waals surface area contributed by atoms with Gasteiger partial charge in [-0.2, -0.15) is 0 Å². The van der Waals surface area contributed by atoms with Crippen LogP contribution < -0.4 is 5.32 Å². The van der Waals surface area contributed by atoms with Gasteiger partial charge in [0.05, 0.1) is 11.7 Å². The summed E-state index contributed by atoms with van der Waals surface area (Å²) in [4.78, 5) is 8.87. The van der Waals surface area contributed by atoms with Gasteiger partial charge in [0.15, 0.2) is 0 Å². The number of imidazole rings is 1. The van der Waals surface area contributed by atoms with Crippen molar-refractivity contribution in [2.45, 2.75) is 26.8 Å². The molecule has 2 rings (SSSR count). The van der Waals surface area contributed by atoms with E-state index >= 15 is 0 Å². The van der Waals surface area contributed by atoms with Crippen molar-refractivity contribution in [3.8, 4) is 0 Å². The molecule has 0 aliphatic carbocycles. The first kappa shape index (κ1) is 11.1. The van der Waals surface area contributed by atoms with Crippen LogP contribution in [0, 0.1) is 13.8 Å². The highest BCUT2D eigenvalue weighted by Gasteiger charge is 2.11. The summed E-state index contributed by atoms with van der Waals surface area (Å²) >= 11 is 1.68. The molecule has 2 aromatic heterocycles. The van der Waals surface area contributed by atoms with Crippen molar-refractivity contribution in [1.82, 2.24) is 14.5 Å². The standard InChI is InChI=1S/C11H16N4S/c1-7-5-15(4)11(13-7)14-9(3)10-12-8(2)6-16-10/h5-6,9H,1-4H3,(H,13,14). The smallest absolute Gasteiger partial charge is 0.203 e. The van der Waals surface area contributed by atoms with Crippen LogP contribution in [0.1, 0.15) is 29.4 Å². The molecule has 1 N–H and O–H groups in total. The topological polar surface area (TPSA) is 42.7 Å². The molecule has 0 amide bonds. The molecule has 0 aliphatic rings. The Balaban J connectivity index is 2.13. The third-order valence-electron chi connectivity index (χ3n) is 2.35. The molecular weight excluding hydrogens is 220 g/mol. The SMILES string of the molecule is Cc1csc(C(C)Nc2nc(C)cn2C)n1. The van der Waals surface area contributed by atoms with E-state index in [1.165, 1.54) is 0 Å². The number of aromatic nitrogens is 3. The molecule has 0 bridgehead atoms. The lowest BCUT2D eigenvalue weighted by molar-refractivity contribution is 0.813. The van der Waals surface area contributed by atoms with Crippen LogP contribution in [0.3, 0.4) is 0 Å². The summed E-state index contributed by atoms with van der Waals surface area (Å²) < 4.78 is 1.99. The average molecular weight is 236 g/mol. The molecule has 2 aromatic rings. The first-order valence-corrected chi connectivity index (χ1v) is 6.12. The highest BCUT2D eigenvalue weighted by atomic mass is 32.1. The van der Waals surface area contributed by atoms with E-state index in [-0.39, 0.29) is 6.04 Å². The first-order chi connectivity index (χ1) is 7.56. The Morgan fingerprint density at radius 2 is 2.06 bits per heavy atom. The molecule has 0 spiro atoms. The fourth-order valence-corrected chi connectivity index (χ4v) is 2.38. The lowest BCUT2D eigenvalue weighted by atomic mass is 10.3. The zero-order valence-corrected chi connectivity index (χ0v) is 10.8. The van der Waals surface area contributed by atoms with E-state index < -0.39 is 0 Å². The predicted octanol–water partition coefficient (Wildman–Crippen LogP) is 2.67. The molecule has 1 atom stereocenters. The van der Waals surface area contributed by atoms with E-state index in [4.69, 9.17) is 0 Å². The van der Waals surface area contributed by atoms with E-state index in [0.717, 1.165) is 22.3 Å². The number of nitrogens with one attached hydrogen (secondary N) is 1. The summed E-state index contributed by atoms with van der Waals surface area (Å²) in [7, 11) is 1.99. The van der Waals surface area contributed by atoms with Gasteiger partial charge in [0, 0.05) is 24.3 Å². The predicted molar refractivity (Wildman–Crippen MR) is 66.8 cm³/mol. The van der Waals surface area contributed by atoms with Crippen molar-refractivity contribution in [1.29, 1.82) is 0 Å². The van der Waals surface area contributed by atoms with E-state index in [0.29, 0.717) is 0 Å². The maximum absolute atomic E-state index is 4.46. The Morgan fingerprint density at radius 3 is 2.56 bits per heavy atom. The van der Waals surface area contributed by atoms with Crippen LogP contribution in [-0.2, 0) is 7.05 Å². The van der Waals surface area contributed by atoms with Crippen LogP contribution in [-0.4, -0.2) is 14.5 Å². The zero-order chi connectivity index (χ0) is 11.7. The molecular formula is C11H16N4S. The Morgan fingerprint density at radius 1 is 1.31 bits per heavy atom. The second-order valence-corrected chi connectivity index (χ2v) is 4.90. The number of rotatable bonds is 3. The van der Waals surface area contributed by atoms with E-state index in [1.807, 2.05) is 31.7 Å². The van der Waals surface area contributed by atoms with Crippen LogP contribution in [0.15, 0.2) is 11.6 Å². The molecule has 1 unspecified atom stereocenters. The Hall–Kier alpha value is -1.36. The van der Waals surface area contributed by atoms with Crippen molar-refractivity contribution < 1.29 is 0 Å². The van der Waals surface area contributed by atoms with Crippen LogP contribution in [0.25, 0.3) is 0 Å². The normalized spacial score (nSPS) is 12.8. The van der Waals surface area contributed by atoms with Gasteiger partial charge in [-0.25, -0.2) is 9.97 Å². The summed E-state index contributed by atoms with van der Waals surface area (Å²) in [6, 6.07) is 0.194. The molecule has 16 heavy (non-hydrogen) atoms. The van der Waals surface area contributed by atoms with Gasteiger partial charge in [-0.05, 0) is 20.8 Å². The van der Waals surface area contributed by atoms with Crippen LogP contribution in [0.5, 0.6) is 0 Å². The number of aryl methyl sites for hydroxylation is 3. The van der Waals surface area contributed by atoms with Gasteiger partial charge in [0.2, 0.25) is 5.95 Å². The first-order valence-electron chi connectivity index (χ1n) is 5.25. The van der Waals surface area contributed by atoms with Crippen molar-refractivity contribution in [3.05, 3.63) is 28.0 Å². The fourth-order valence-electron chi connectivity index (χ4n) is 1.58. The van der Waals surface area contributed by atoms with Crippen molar-refractivity contribution >= 4 is 17.3 Å². The molecule has 0 aliphatic heterocycles. The lowest BCUT2D eigenvalue weighted by Crippen LogP contribution is -2.10. The summed E-state index contributed by atoms with van der Waals surface area (Å²) in [5.41, 5.74) is 2.09. The molecule has 2 heterocycles. The van der Waals surface area contributed by atoms with Crippen molar-refractivity contribution in [3.63, 3.8) is 0 Å². The number of hydrogen-bond acceptors (Lipinski definition) is 4. The van der Waals surface area contributed by atoms with Gasteiger partial charge in [-0.3, -0.25) is 0 Å². The monoisotopic (exact) mass is 236 g/mol. The number of anilines is 1. The van der Waals surface area contributed by atoms with E-state index in [9.17, 15) is 0 Å². The average Bonchev–Trinajstić information content (AvgIpc) is 2.74. The Labute approximate surface area is 99.4 Å². The fraction of sp³-hybridized carbons (Fsp3) is 0.455. The molecule has 0 fully saturated rings. The molecule has 0 saturated carbocycles. The number of hydrogen-bond donors (Lipinski definition) is 1. The quantitative estimate of drug-likeness (QED) is 0.891. The Kier molecular flexibility index (Phi) is 2.96. The van der Waals surface area contributed by atoms with Gasteiger partial charge >= 0.3 is 0 Å². The van der Waals surface area contributed by atoms with E-state index in [2.05, 4.69) is 27.6 Å². The molecule has 0 saturated heterocycles. The van der Waals surface area contributed by atoms with E-state index in [1.54, 1.807) is 11.3 Å². The highest BCUT2D eigenvalue weighted by Crippen LogP contribution is 2.21. The molecule has 5 heteroatoms. The van der Waals surface area contributed by atoms with Gasteiger partial charge in [-0.15, -0.1) is 11.3 Å². The van der Waals surface area contributed by atoms with Gasteiger partial charge in [0.1, 0.15) is 5.01 Å². The van der Waals surface area contributed by atoms with Crippen LogP contribution in [0.2, 0.25) is 0 Å². The van der Waals surface area contributed by atoms with Crippen molar-refractivity contribution in [2.75, 3.05) is 5.32 Å². The highest BCUT2D eigenvalue weighted by molar-refractivity contribution is 7.09. The van der Waals surface area contributed by atoms with Gasteiger partial charge in [-0.1, -0.05) is 0 Å². The summed E-state index contributed by atoms with van der Waals surface area (Å²) in [5, 5.41) is 6.52. The van der Waals surface area contributed by atoms with Gasteiger partial charge in [0.25, 0.3) is 0 Å². The molecule has 0 radical (unpaired) electrons. The third kappa shape index (κ3) is 2.24. The van der Waals surface area contributed by atoms with Crippen LogP contribution >= 0.6 is 11.3 Å². The minimum atomic E-state index is 0.194.